The van der Waals surface area contributed by atoms with Gasteiger partial charge in [0.15, 0.2) is 5.78 Å². The summed E-state index contributed by atoms with van der Waals surface area (Å²) in [5, 5.41) is 2.41. The summed E-state index contributed by atoms with van der Waals surface area (Å²) in [6.07, 6.45) is 0. The van der Waals surface area contributed by atoms with Crippen molar-refractivity contribution in [2.24, 2.45) is 0 Å². The van der Waals surface area contributed by atoms with Gasteiger partial charge < -0.3 is 9.47 Å². The number of carbonyl (C=O) groups is 1. The number of para-hydroxylation sites is 2. The Bertz CT molecular complexity index is 2820. The van der Waals surface area contributed by atoms with Gasteiger partial charge in [-0.3, -0.25) is 4.79 Å². The van der Waals surface area contributed by atoms with Crippen molar-refractivity contribution < 1.29 is 4.79 Å². The Kier molecular flexibility index (Phi) is 7.07. The van der Waals surface area contributed by atoms with E-state index in [4.69, 9.17) is 0 Å². The van der Waals surface area contributed by atoms with Gasteiger partial charge in [-0.05, 0) is 106 Å². The van der Waals surface area contributed by atoms with Crippen LogP contribution >= 0.6 is 0 Å². The van der Waals surface area contributed by atoms with Gasteiger partial charge in [0.25, 0.3) is 0 Å². The van der Waals surface area contributed by atoms with Crippen molar-refractivity contribution in [1.82, 2.24) is 4.57 Å². The van der Waals surface area contributed by atoms with Crippen LogP contribution in [0.25, 0.3) is 27.5 Å². The molecule has 7 aromatic carbocycles. The second-order valence-electron chi connectivity index (χ2n) is 17.1. The van der Waals surface area contributed by atoms with E-state index in [1.807, 2.05) is 12.1 Å². The summed E-state index contributed by atoms with van der Waals surface area (Å²) in [5.41, 5.74) is 14.9. The SMILES string of the molecule is CC(C)(C)c1ccc2c(c1)c1cc(N3c4ccccc4C(C)(C)c4ccccc43)ccc1n2-c1ccc2c(c1)C(C)(c1ccccc1)c1ccccc1C2=O. The minimum absolute atomic E-state index is 0.0202. The molecule has 8 aromatic rings. The Morgan fingerprint density at radius 1 is 0.491 bits per heavy atom. The number of aromatic nitrogens is 1. The van der Waals surface area contributed by atoms with Crippen LogP contribution in [-0.4, -0.2) is 10.4 Å². The third-order valence-corrected chi connectivity index (χ3v) is 12.6. The van der Waals surface area contributed by atoms with Crippen molar-refractivity contribution in [3.05, 3.63) is 202 Å². The smallest absolute Gasteiger partial charge is 0.193 e. The van der Waals surface area contributed by atoms with Crippen LogP contribution in [0.2, 0.25) is 0 Å². The van der Waals surface area contributed by atoms with Crippen LogP contribution < -0.4 is 4.90 Å². The number of rotatable bonds is 3. The van der Waals surface area contributed by atoms with Crippen LogP contribution in [0, 0.1) is 0 Å². The Hall–Kier alpha value is -6.19. The Morgan fingerprint density at radius 3 is 1.71 bits per heavy atom. The Morgan fingerprint density at radius 2 is 1.04 bits per heavy atom. The molecule has 1 aliphatic carbocycles. The van der Waals surface area contributed by atoms with E-state index < -0.39 is 5.41 Å². The number of ketones is 1. The molecule has 0 saturated carbocycles. The average Bonchev–Trinajstić information content (AvgIpc) is 3.53. The van der Waals surface area contributed by atoms with Gasteiger partial charge >= 0.3 is 0 Å². The first-order chi connectivity index (χ1) is 26.5. The molecule has 0 bridgehead atoms. The van der Waals surface area contributed by atoms with Crippen molar-refractivity contribution in [1.29, 1.82) is 0 Å². The quantitative estimate of drug-likeness (QED) is 0.182. The van der Waals surface area contributed by atoms with Gasteiger partial charge in [-0.15, -0.1) is 0 Å². The highest BCUT2D eigenvalue weighted by atomic mass is 16.1. The van der Waals surface area contributed by atoms with Crippen LogP contribution in [0.4, 0.5) is 17.1 Å². The number of hydrogen-bond donors (Lipinski definition) is 0. The first-order valence-electron chi connectivity index (χ1n) is 19.4. The van der Waals surface area contributed by atoms with E-state index in [0.29, 0.717) is 0 Å². The zero-order valence-corrected chi connectivity index (χ0v) is 32.3. The second-order valence-corrected chi connectivity index (χ2v) is 17.1. The summed E-state index contributed by atoms with van der Waals surface area (Å²) in [4.78, 5) is 16.6. The molecule has 268 valence electrons. The molecule has 1 atom stereocenters. The highest BCUT2D eigenvalue weighted by Gasteiger charge is 2.42. The summed E-state index contributed by atoms with van der Waals surface area (Å²) >= 11 is 0. The molecule has 1 aliphatic heterocycles. The number of anilines is 3. The van der Waals surface area contributed by atoms with Crippen molar-refractivity contribution in [3.8, 4) is 5.69 Å². The van der Waals surface area contributed by atoms with E-state index in [9.17, 15) is 4.79 Å². The molecule has 3 heteroatoms. The fourth-order valence-corrected chi connectivity index (χ4v) is 9.62. The number of hydrogen-bond acceptors (Lipinski definition) is 2. The van der Waals surface area contributed by atoms with Gasteiger partial charge in [0.1, 0.15) is 0 Å². The molecule has 0 saturated heterocycles. The maximum Gasteiger partial charge on any atom is 0.193 e. The van der Waals surface area contributed by atoms with Crippen LogP contribution in [0.15, 0.2) is 158 Å². The fourth-order valence-electron chi connectivity index (χ4n) is 9.62. The largest absolute Gasteiger partial charge is 0.310 e. The topological polar surface area (TPSA) is 25.2 Å². The summed E-state index contributed by atoms with van der Waals surface area (Å²) in [6.45, 7) is 13.8. The predicted octanol–water partition coefficient (Wildman–Crippen LogP) is 13.1. The molecule has 1 unspecified atom stereocenters. The summed E-state index contributed by atoms with van der Waals surface area (Å²) in [6, 6.07) is 56.9. The lowest BCUT2D eigenvalue weighted by Gasteiger charge is -2.42. The number of fused-ring (bicyclic) bond motifs is 7. The lowest BCUT2D eigenvalue weighted by atomic mass is 9.64. The van der Waals surface area contributed by atoms with Crippen molar-refractivity contribution in [3.63, 3.8) is 0 Å². The van der Waals surface area contributed by atoms with E-state index in [-0.39, 0.29) is 16.6 Å². The van der Waals surface area contributed by atoms with Gasteiger partial charge in [-0.25, -0.2) is 0 Å². The molecule has 1 aromatic heterocycles. The van der Waals surface area contributed by atoms with Crippen LogP contribution in [0.5, 0.6) is 0 Å². The summed E-state index contributed by atoms with van der Waals surface area (Å²) in [7, 11) is 0. The van der Waals surface area contributed by atoms with Crippen LogP contribution in [0.3, 0.4) is 0 Å². The second kappa shape index (κ2) is 11.7. The van der Waals surface area contributed by atoms with E-state index in [1.54, 1.807) is 0 Å². The maximum atomic E-state index is 14.2. The van der Waals surface area contributed by atoms with E-state index in [0.717, 1.165) is 44.7 Å². The van der Waals surface area contributed by atoms with E-state index in [1.165, 1.54) is 44.4 Å². The standard InChI is InChI=1S/C52H44N2O/c1-50(2,3)34-24-28-45-39(30-34)40-31-35(54-47-22-14-12-20-42(47)51(4,5)43-21-13-15-23-48(43)54)26-29-46(40)53(45)36-25-27-38-44(32-36)52(6,33-16-8-7-9-17-33)41-19-11-10-18-37(41)49(38)55/h7-32H,1-6H3. The van der Waals surface area contributed by atoms with Gasteiger partial charge in [-0.1, -0.05) is 132 Å². The zero-order valence-electron chi connectivity index (χ0n) is 32.3. The third kappa shape index (κ3) is 4.72. The van der Waals surface area contributed by atoms with Crippen molar-refractivity contribution in [2.45, 2.75) is 57.8 Å². The Balaban J connectivity index is 1.23. The predicted molar refractivity (Wildman–Crippen MR) is 228 cm³/mol. The first kappa shape index (κ1) is 33.4. The molecule has 3 nitrogen and oxygen atoms in total. The zero-order chi connectivity index (χ0) is 37.9. The van der Waals surface area contributed by atoms with Crippen LogP contribution in [0.1, 0.15) is 90.8 Å². The summed E-state index contributed by atoms with van der Waals surface area (Å²) < 4.78 is 2.40. The molecule has 2 heterocycles. The monoisotopic (exact) mass is 712 g/mol. The number of benzene rings is 7. The first-order valence-corrected chi connectivity index (χ1v) is 19.4. The minimum Gasteiger partial charge on any atom is -0.310 e. The van der Waals surface area contributed by atoms with Gasteiger partial charge in [-0.2, -0.15) is 0 Å². The van der Waals surface area contributed by atoms with Gasteiger partial charge in [0, 0.05) is 44.1 Å². The molecule has 0 amide bonds. The summed E-state index contributed by atoms with van der Waals surface area (Å²) in [5.74, 6) is 0.0810. The van der Waals surface area contributed by atoms with Crippen molar-refractivity contribution in [2.75, 3.05) is 4.90 Å². The molecule has 0 fully saturated rings. The minimum atomic E-state index is -0.523. The number of nitrogens with zero attached hydrogens (tertiary/aromatic N) is 2. The molecular formula is C52H44N2O. The highest BCUT2D eigenvalue weighted by molar-refractivity contribution is 6.14. The molecular weight excluding hydrogens is 669 g/mol. The molecule has 55 heavy (non-hydrogen) atoms. The molecule has 10 rings (SSSR count). The van der Waals surface area contributed by atoms with Crippen molar-refractivity contribution >= 4 is 44.7 Å². The Labute approximate surface area is 323 Å². The number of carbonyl (C=O) groups excluding carboxylic acids is 1. The van der Waals surface area contributed by atoms with E-state index in [2.05, 4.69) is 197 Å². The average molecular weight is 713 g/mol. The van der Waals surface area contributed by atoms with E-state index >= 15 is 0 Å². The lowest BCUT2D eigenvalue weighted by molar-refractivity contribution is 0.103. The molecule has 0 radical (unpaired) electrons. The normalized spacial score (nSPS) is 17.1. The van der Waals surface area contributed by atoms with Gasteiger partial charge in [0.2, 0.25) is 0 Å². The fraction of sp³-hybridized carbons (Fsp3) is 0.173. The highest BCUT2D eigenvalue weighted by Crippen LogP contribution is 2.53. The van der Waals surface area contributed by atoms with Crippen LogP contribution in [-0.2, 0) is 16.2 Å². The molecule has 0 spiro atoms. The maximum absolute atomic E-state index is 14.2. The molecule has 0 N–H and O–H groups in total. The molecule has 2 aliphatic rings. The van der Waals surface area contributed by atoms with Gasteiger partial charge in [0.05, 0.1) is 22.4 Å². The lowest BCUT2D eigenvalue weighted by Crippen LogP contribution is -2.34. The third-order valence-electron chi connectivity index (χ3n) is 12.6.